The fraction of sp³-hybridized carbons (Fsp3) is 0.312. The second-order valence-electron chi connectivity index (χ2n) is 4.86. The molecular formula is C16H18ClNO2. The topological polar surface area (TPSA) is 49.3 Å². The van der Waals surface area contributed by atoms with Crippen molar-refractivity contribution in [1.82, 2.24) is 5.32 Å². The van der Waals surface area contributed by atoms with Gasteiger partial charge in [-0.2, -0.15) is 0 Å². The molecule has 2 aromatic carbocycles. The number of carbonyl (C=O) groups is 1. The van der Waals surface area contributed by atoms with E-state index >= 15 is 0 Å². The van der Waals surface area contributed by atoms with Gasteiger partial charge < -0.3 is 10.4 Å². The summed E-state index contributed by atoms with van der Waals surface area (Å²) in [7, 11) is 0. The van der Waals surface area contributed by atoms with Gasteiger partial charge in [0.15, 0.2) is 0 Å². The number of rotatable bonds is 5. The fourth-order valence-corrected chi connectivity index (χ4v) is 2.27. The quantitative estimate of drug-likeness (QED) is 0.652. The maximum atomic E-state index is 12.0. The van der Waals surface area contributed by atoms with E-state index in [0.717, 1.165) is 18.2 Å². The van der Waals surface area contributed by atoms with Gasteiger partial charge in [0.25, 0.3) is 5.91 Å². The van der Waals surface area contributed by atoms with Crippen LogP contribution in [-0.2, 0) is 0 Å². The number of phenolic OH excluding ortho intramolecular Hbond substituents is 1. The Morgan fingerprint density at radius 1 is 1.30 bits per heavy atom. The zero-order valence-corrected chi connectivity index (χ0v) is 12.2. The van der Waals surface area contributed by atoms with Crippen molar-refractivity contribution < 1.29 is 9.90 Å². The first-order valence-corrected chi connectivity index (χ1v) is 7.16. The van der Waals surface area contributed by atoms with Crippen molar-refractivity contribution in [3.8, 4) is 5.75 Å². The number of hydrogen-bond acceptors (Lipinski definition) is 2. The summed E-state index contributed by atoms with van der Waals surface area (Å²) in [6.45, 7) is 2.49. The van der Waals surface area contributed by atoms with Crippen molar-refractivity contribution in [3.05, 3.63) is 42.0 Å². The number of benzene rings is 2. The molecule has 1 amide bonds. The predicted molar refractivity (Wildman–Crippen MR) is 82.5 cm³/mol. The number of fused-ring (bicyclic) bond motifs is 1. The van der Waals surface area contributed by atoms with Crippen LogP contribution in [0.3, 0.4) is 0 Å². The zero-order chi connectivity index (χ0) is 14.5. The van der Waals surface area contributed by atoms with Crippen LogP contribution in [0.25, 0.3) is 10.8 Å². The first-order valence-electron chi connectivity index (χ1n) is 6.72. The normalized spacial score (nSPS) is 12.3. The first kappa shape index (κ1) is 14.7. The molecule has 0 spiro atoms. The molecule has 0 aromatic heterocycles. The molecule has 0 bridgehead atoms. The van der Waals surface area contributed by atoms with Crippen molar-refractivity contribution in [2.24, 2.45) is 0 Å². The van der Waals surface area contributed by atoms with E-state index in [0.29, 0.717) is 17.5 Å². The second-order valence-corrected chi connectivity index (χ2v) is 5.61. The highest BCUT2D eigenvalue weighted by molar-refractivity contribution is 6.20. The molecule has 3 nitrogen and oxygen atoms in total. The third-order valence-electron chi connectivity index (χ3n) is 3.21. The standard InChI is InChI=1S/C16H18ClNO2/c1-11(17)5-4-10-18-16(20)14-9-8-12-6-2-3-7-13(12)15(14)19/h2-3,6-9,11,19H,4-5,10H2,1H3,(H,18,20). The Bertz CT molecular complexity index is 610. The van der Waals surface area contributed by atoms with Crippen molar-refractivity contribution in [3.63, 3.8) is 0 Å². The van der Waals surface area contributed by atoms with Gasteiger partial charge in [0.05, 0.1) is 5.56 Å². The van der Waals surface area contributed by atoms with Gasteiger partial charge in [0.1, 0.15) is 5.75 Å². The Labute approximate surface area is 123 Å². The molecule has 0 heterocycles. The molecule has 0 aliphatic carbocycles. The minimum Gasteiger partial charge on any atom is -0.506 e. The van der Waals surface area contributed by atoms with Crippen molar-refractivity contribution in [1.29, 1.82) is 0 Å². The largest absolute Gasteiger partial charge is 0.506 e. The van der Waals surface area contributed by atoms with E-state index < -0.39 is 0 Å². The lowest BCUT2D eigenvalue weighted by Gasteiger charge is -2.09. The minimum absolute atomic E-state index is 0.0336. The number of amides is 1. The van der Waals surface area contributed by atoms with Gasteiger partial charge in [0.2, 0.25) is 0 Å². The van der Waals surface area contributed by atoms with E-state index in [1.807, 2.05) is 31.2 Å². The Kier molecular flexibility index (Phi) is 4.85. The lowest BCUT2D eigenvalue weighted by Crippen LogP contribution is -2.24. The summed E-state index contributed by atoms with van der Waals surface area (Å²) in [6, 6.07) is 10.9. The van der Waals surface area contributed by atoms with Gasteiger partial charge in [-0.25, -0.2) is 0 Å². The Hall–Kier alpha value is -1.74. The molecule has 0 fully saturated rings. The summed E-state index contributed by atoms with van der Waals surface area (Å²) in [5.41, 5.74) is 0.308. The molecule has 1 unspecified atom stereocenters. The van der Waals surface area contributed by atoms with E-state index in [9.17, 15) is 9.90 Å². The number of halogens is 1. The van der Waals surface area contributed by atoms with Crippen LogP contribution in [0, 0.1) is 0 Å². The van der Waals surface area contributed by atoms with Gasteiger partial charge in [0, 0.05) is 17.3 Å². The van der Waals surface area contributed by atoms with E-state index in [-0.39, 0.29) is 17.0 Å². The second kappa shape index (κ2) is 6.62. The molecule has 2 rings (SSSR count). The number of nitrogens with one attached hydrogen (secondary N) is 1. The maximum absolute atomic E-state index is 12.0. The Morgan fingerprint density at radius 2 is 2.05 bits per heavy atom. The number of carbonyl (C=O) groups excluding carboxylic acids is 1. The maximum Gasteiger partial charge on any atom is 0.255 e. The molecule has 0 saturated carbocycles. The number of hydrogen-bond donors (Lipinski definition) is 2. The highest BCUT2D eigenvalue weighted by Crippen LogP contribution is 2.28. The van der Waals surface area contributed by atoms with Crippen molar-refractivity contribution in [2.45, 2.75) is 25.1 Å². The number of alkyl halides is 1. The van der Waals surface area contributed by atoms with Crippen molar-refractivity contribution >= 4 is 28.3 Å². The van der Waals surface area contributed by atoms with Crippen LogP contribution in [0.5, 0.6) is 5.75 Å². The van der Waals surface area contributed by atoms with E-state index in [1.165, 1.54) is 0 Å². The zero-order valence-electron chi connectivity index (χ0n) is 11.4. The summed E-state index contributed by atoms with van der Waals surface area (Å²) >= 11 is 5.85. The third kappa shape index (κ3) is 3.42. The SMILES string of the molecule is CC(Cl)CCCNC(=O)c1ccc2ccccc2c1O. The molecule has 1 atom stereocenters. The van der Waals surface area contributed by atoms with Gasteiger partial charge in [-0.05, 0) is 31.2 Å². The molecule has 20 heavy (non-hydrogen) atoms. The summed E-state index contributed by atoms with van der Waals surface area (Å²) in [5, 5.41) is 14.7. The molecule has 0 aliphatic rings. The van der Waals surface area contributed by atoms with Gasteiger partial charge in [-0.3, -0.25) is 4.79 Å². The van der Waals surface area contributed by atoms with Gasteiger partial charge in [-0.15, -0.1) is 11.6 Å². The molecule has 106 valence electrons. The van der Waals surface area contributed by atoms with Crippen LogP contribution in [0.2, 0.25) is 0 Å². The molecule has 2 aromatic rings. The molecule has 2 N–H and O–H groups in total. The monoisotopic (exact) mass is 291 g/mol. The van der Waals surface area contributed by atoms with E-state index in [4.69, 9.17) is 11.6 Å². The average Bonchev–Trinajstić information content (AvgIpc) is 2.44. The summed E-state index contributed by atoms with van der Waals surface area (Å²) in [6.07, 6.45) is 1.68. The summed E-state index contributed by atoms with van der Waals surface area (Å²) < 4.78 is 0. The summed E-state index contributed by atoms with van der Waals surface area (Å²) in [4.78, 5) is 12.0. The smallest absolute Gasteiger partial charge is 0.255 e. The highest BCUT2D eigenvalue weighted by atomic mass is 35.5. The molecular weight excluding hydrogens is 274 g/mol. The number of phenols is 1. The lowest BCUT2D eigenvalue weighted by molar-refractivity contribution is 0.0950. The molecule has 0 saturated heterocycles. The van der Waals surface area contributed by atoms with Crippen LogP contribution in [-0.4, -0.2) is 22.9 Å². The first-order chi connectivity index (χ1) is 9.59. The number of aromatic hydroxyl groups is 1. The fourth-order valence-electron chi connectivity index (χ4n) is 2.12. The highest BCUT2D eigenvalue weighted by Gasteiger charge is 2.13. The van der Waals surface area contributed by atoms with Crippen LogP contribution in [0.15, 0.2) is 36.4 Å². The predicted octanol–water partition coefficient (Wildman–Crippen LogP) is 3.68. The minimum atomic E-state index is -0.254. The Morgan fingerprint density at radius 3 is 2.80 bits per heavy atom. The third-order valence-corrected chi connectivity index (χ3v) is 3.43. The van der Waals surface area contributed by atoms with Crippen LogP contribution in [0.1, 0.15) is 30.1 Å². The molecule has 0 radical (unpaired) electrons. The van der Waals surface area contributed by atoms with E-state index in [2.05, 4.69) is 5.32 Å². The average molecular weight is 292 g/mol. The molecule has 4 heteroatoms. The van der Waals surface area contributed by atoms with Crippen LogP contribution < -0.4 is 5.32 Å². The van der Waals surface area contributed by atoms with E-state index in [1.54, 1.807) is 12.1 Å². The van der Waals surface area contributed by atoms with Crippen LogP contribution in [0.4, 0.5) is 0 Å². The molecule has 0 aliphatic heterocycles. The van der Waals surface area contributed by atoms with Crippen LogP contribution >= 0.6 is 11.6 Å². The van der Waals surface area contributed by atoms with Gasteiger partial charge in [-0.1, -0.05) is 30.3 Å². The lowest BCUT2D eigenvalue weighted by atomic mass is 10.0. The Balaban J connectivity index is 2.08. The summed E-state index contributed by atoms with van der Waals surface area (Å²) in [5.74, 6) is -0.221. The van der Waals surface area contributed by atoms with Crippen molar-refractivity contribution in [2.75, 3.05) is 6.54 Å². The van der Waals surface area contributed by atoms with Gasteiger partial charge >= 0.3 is 0 Å².